The lowest BCUT2D eigenvalue weighted by atomic mass is 9.97. The Morgan fingerprint density at radius 2 is 1.80 bits per heavy atom. The minimum Gasteiger partial charge on any atom is -0.396 e. The van der Waals surface area contributed by atoms with Gasteiger partial charge < -0.3 is 10.0 Å². The van der Waals surface area contributed by atoms with E-state index in [1.165, 1.54) is 31.5 Å². The molecule has 1 fully saturated rings. The Balaban J connectivity index is 1.82. The van der Waals surface area contributed by atoms with Gasteiger partial charge in [0.05, 0.1) is 13.1 Å². The van der Waals surface area contributed by atoms with Gasteiger partial charge in [-0.2, -0.15) is 0 Å². The molecular formula is C13H20NO+. The predicted octanol–water partition coefficient (Wildman–Crippen LogP) is 0.474. The molecule has 0 radical (unpaired) electrons. The molecule has 1 heterocycles. The van der Waals surface area contributed by atoms with Crippen LogP contribution in [0, 0.1) is 5.92 Å². The maximum Gasteiger partial charge on any atom is 0.103 e. The number of piperidine rings is 1. The van der Waals surface area contributed by atoms with Gasteiger partial charge in [0.15, 0.2) is 0 Å². The third-order valence-corrected chi connectivity index (χ3v) is 3.37. The summed E-state index contributed by atoms with van der Waals surface area (Å²) in [7, 11) is 0. The van der Waals surface area contributed by atoms with Crippen molar-refractivity contribution < 1.29 is 10.0 Å². The molecule has 0 spiro atoms. The monoisotopic (exact) mass is 206 g/mol. The van der Waals surface area contributed by atoms with E-state index in [2.05, 4.69) is 30.3 Å². The maximum absolute atomic E-state index is 9.06. The number of hydrogen-bond donors (Lipinski definition) is 2. The van der Waals surface area contributed by atoms with Gasteiger partial charge >= 0.3 is 0 Å². The first-order valence-corrected chi connectivity index (χ1v) is 5.87. The van der Waals surface area contributed by atoms with E-state index in [0.29, 0.717) is 12.5 Å². The number of aliphatic hydroxyl groups excluding tert-OH is 1. The summed E-state index contributed by atoms with van der Waals surface area (Å²) < 4.78 is 0. The fraction of sp³-hybridized carbons (Fsp3) is 0.538. The third kappa shape index (κ3) is 3.05. The lowest BCUT2D eigenvalue weighted by Gasteiger charge is -2.28. The first-order chi connectivity index (χ1) is 7.38. The van der Waals surface area contributed by atoms with Crippen molar-refractivity contribution >= 4 is 0 Å². The van der Waals surface area contributed by atoms with Gasteiger partial charge in [-0.1, -0.05) is 30.3 Å². The van der Waals surface area contributed by atoms with Gasteiger partial charge in [-0.15, -0.1) is 0 Å². The highest BCUT2D eigenvalue weighted by atomic mass is 16.3. The van der Waals surface area contributed by atoms with Crippen LogP contribution in [0.25, 0.3) is 0 Å². The van der Waals surface area contributed by atoms with E-state index in [9.17, 15) is 0 Å². The molecule has 2 rings (SSSR count). The lowest BCUT2D eigenvalue weighted by Crippen LogP contribution is -3.11. The molecule has 15 heavy (non-hydrogen) atoms. The summed E-state index contributed by atoms with van der Waals surface area (Å²) in [6.07, 6.45) is 2.36. The molecule has 2 N–H and O–H groups in total. The van der Waals surface area contributed by atoms with Crippen molar-refractivity contribution in [2.45, 2.75) is 19.4 Å². The number of likely N-dealkylation sites (tertiary alicyclic amines) is 1. The van der Waals surface area contributed by atoms with Crippen molar-refractivity contribution in [1.29, 1.82) is 0 Å². The molecule has 0 saturated carbocycles. The normalized spacial score (nSPS) is 26.5. The average Bonchev–Trinajstić information content (AvgIpc) is 2.31. The Morgan fingerprint density at radius 3 is 2.40 bits per heavy atom. The zero-order valence-corrected chi connectivity index (χ0v) is 9.15. The summed E-state index contributed by atoms with van der Waals surface area (Å²) >= 11 is 0. The Morgan fingerprint density at radius 1 is 1.13 bits per heavy atom. The largest absolute Gasteiger partial charge is 0.396 e. The highest BCUT2D eigenvalue weighted by Gasteiger charge is 2.21. The third-order valence-electron chi connectivity index (χ3n) is 3.37. The number of quaternary nitrogens is 1. The quantitative estimate of drug-likeness (QED) is 0.738. The highest BCUT2D eigenvalue weighted by molar-refractivity contribution is 5.13. The lowest BCUT2D eigenvalue weighted by molar-refractivity contribution is -0.919. The molecule has 1 aliphatic rings. The van der Waals surface area contributed by atoms with Gasteiger partial charge in [0, 0.05) is 25.0 Å². The Kier molecular flexibility index (Phi) is 3.75. The van der Waals surface area contributed by atoms with Crippen molar-refractivity contribution in [1.82, 2.24) is 0 Å². The fourth-order valence-corrected chi connectivity index (χ4v) is 2.33. The predicted molar refractivity (Wildman–Crippen MR) is 60.7 cm³/mol. The summed E-state index contributed by atoms with van der Waals surface area (Å²) in [5.41, 5.74) is 1.43. The van der Waals surface area contributed by atoms with Crippen molar-refractivity contribution in [3.63, 3.8) is 0 Å². The van der Waals surface area contributed by atoms with Gasteiger partial charge in [-0.25, -0.2) is 0 Å². The molecule has 1 aromatic carbocycles. The molecule has 0 atom stereocenters. The second-order valence-corrected chi connectivity index (χ2v) is 4.54. The van der Waals surface area contributed by atoms with Crippen LogP contribution in [-0.4, -0.2) is 24.8 Å². The van der Waals surface area contributed by atoms with E-state index in [1.54, 1.807) is 4.90 Å². The first-order valence-electron chi connectivity index (χ1n) is 5.87. The number of rotatable bonds is 3. The van der Waals surface area contributed by atoms with Crippen LogP contribution in [0.2, 0.25) is 0 Å². The van der Waals surface area contributed by atoms with Crippen molar-refractivity contribution in [3.8, 4) is 0 Å². The topological polar surface area (TPSA) is 24.7 Å². The number of hydrogen-bond acceptors (Lipinski definition) is 1. The zero-order valence-electron chi connectivity index (χ0n) is 9.15. The van der Waals surface area contributed by atoms with E-state index < -0.39 is 0 Å². The van der Waals surface area contributed by atoms with Gasteiger partial charge in [0.25, 0.3) is 0 Å². The van der Waals surface area contributed by atoms with Crippen molar-refractivity contribution in [2.24, 2.45) is 5.92 Å². The zero-order chi connectivity index (χ0) is 10.5. The van der Waals surface area contributed by atoms with E-state index in [0.717, 1.165) is 6.54 Å². The standard InChI is InChI=1S/C13H19NO/c15-11-13-6-8-14(9-7-13)10-12-4-2-1-3-5-12/h1-5,13,15H,6-11H2/p+1. The summed E-state index contributed by atoms with van der Waals surface area (Å²) in [6, 6.07) is 10.7. The van der Waals surface area contributed by atoms with Crippen LogP contribution in [0.15, 0.2) is 30.3 Å². The van der Waals surface area contributed by atoms with Gasteiger partial charge in [-0.05, 0) is 5.92 Å². The van der Waals surface area contributed by atoms with Gasteiger partial charge in [0.1, 0.15) is 6.54 Å². The summed E-state index contributed by atoms with van der Waals surface area (Å²) in [4.78, 5) is 1.66. The number of nitrogens with one attached hydrogen (secondary N) is 1. The number of aliphatic hydroxyl groups is 1. The Labute approximate surface area is 91.5 Å². The molecule has 1 saturated heterocycles. The SMILES string of the molecule is OCC1CC[NH+](Cc2ccccc2)CC1. The summed E-state index contributed by atoms with van der Waals surface area (Å²) in [5.74, 6) is 0.560. The summed E-state index contributed by atoms with van der Waals surface area (Å²) in [5, 5.41) is 9.06. The number of benzene rings is 1. The molecule has 0 bridgehead atoms. The molecule has 0 amide bonds. The molecule has 0 aromatic heterocycles. The van der Waals surface area contributed by atoms with Crippen LogP contribution in [0.5, 0.6) is 0 Å². The summed E-state index contributed by atoms with van der Waals surface area (Å²) in [6.45, 7) is 3.93. The van der Waals surface area contributed by atoms with E-state index in [-0.39, 0.29) is 0 Å². The van der Waals surface area contributed by atoms with Crippen LogP contribution >= 0.6 is 0 Å². The highest BCUT2D eigenvalue weighted by Crippen LogP contribution is 2.08. The average molecular weight is 206 g/mol. The Bertz CT molecular complexity index is 278. The Hall–Kier alpha value is -0.860. The minimum atomic E-state index is 0.374. The van der Waals surface area contributed by atoms with Gasteiger partial charge in [0.2, 0.25) is 0 Å². The van der Waals surface area contributed by atoms with Crippen molar-refractivity contribution in [3.05, 3.63) is 35.9 Å². The second kappa shape index (κ2) is 5.29. The molecule has 1 aromatic rings. The molecule has 0 unspecified atom stereocenters. The second-order valence-electron chi connectivity index (χ2n) is 4.54. The maximum atomic E-state index is 9.06. The van der Waals surface area contributed by atoms with E-state index >= 15 is 0 Å². The molecule has 1 aliphatic heterocycles. The van der Waals surface area contributed by atoms with Crippen molar-refractivity contribution in [2.75, 3.05) is 19.7 Å². The molecule has 2 heteroatoms. The molecule has 82 valence electrons. The van der Waals surface area contributed by atoms with E-state index in [4.69, 9.17) is 5.11 Å². The molecule has 2 nitrogen and oxygen atoms in total. The fourth-order valence-electron chi connectivity index (χ4n) is 2.33. The molecule has 0 aliphatic carbocycles. The molecular weight excluding hydrogens is 186 g/mol. The van der Waals surface area contributed by atoms with Crippen LogP contribution in [-0.2, 0) is 6.54 Å². The first kappa shape index (κ1) is 10.7. The van der Waals surface area contributed by atoms with E-state index in [1.807, 2.05) is 0 Å². The van der Waals surface area contributed by atoms with Crippen LogP contribution in [0.1, 0.15) is 18.4 Å². The van der Waals surface area contributed by atoms with Crippen LogP contribution in [0.3, 0.4) is 0 Å². The van der Waals surface area contributed by atoms with Gasteiger partial charge in [-0.3, -0.25) is 0 Å². The smallest absolute Gasteiger partial charge is 0.103 e. The van der Waals surface area contributed by atoms with Crippen LogP contribution in [0.4, 0.5) is 0 Å². The minimum absolute atomic E-state index is 0.374. The van der Waals surface area contributed by atoms with Crippen LogP contribution < -0.4 is 4.90 Å².